The smallest absolute Gasteiger partial charge is 0.0279 e. The minimum absolute atomic E-state index is 0.841. The first-order chi connectivity index (χ1) is 12.1. The molecular formula is C25H38. The van der Waals surface area contributed by atoms with E-state index in [0.29, 0.717) is 0 Å². The molecule has 0 N–H and O–H groups in total. The molecule has 0 atom stereocenters. The second-order valence-corrected chi connectivity index (χ2v) is 7.90. The SMILES string of the molecule is CC(C)CCCCc1ccccc1.CC(C)CCCc1ccccc1. The van der Waals surface area contributed by atoms with Gasteiger partial charge in [0, 0.05) is 0 Å². The quantitative estimate of drug-likeness (QED) is 0.410. The van der Waals surface area contributed by atoms with Gasteiger partial charge in [0.15, 0.2) is 0 Å². The molecule has 0 heterocycles. The van der Waals surface area contributed by atoms with Crippen LogP contribution in [-0.2, 0) is 12.8 Å². The summed E-state index contributed by atoms with van der Waals surface area (Å²) >= 11 is 0. The van der Waals surface area contributed by atoms with Gasteiger partial charge in [-0.1, -0.05) is 108 Å². The van der Waals surface area contributed by atoms with Crippen molar-refractivity contribution in [2.24, 2.45) is 11.8 Å². The van der Waals surface area contributed by atoms with E-state index >= 15 is 0 Å². The summed E-state index contributed by atoms with van der Waals surface area (Å²) in [5.74, 6) is 1.70. The fourth-order valence-corrected chi connectivity index (χ4v) is 2.89. The number of aryl methyl sites for hydroxylation is 2. The summed E-state index contributed by atoms with van der Waals surface area (Å²) < 4.78 is 0. The lowest BCUT2D eigenvalue weighted by atomic mass is 10.0. The normalized spacial score (nSPS) is 10.6. The molecule has 138 valence electrons. The summed E-state index contributed by atoms with van der Waals surface area (Å²) in [6.07, 6.45) is 9.21. The van der Waals surface area contributed by atoms with Crippen LogP contribution in [0.4, 0.5) is 0 Å². The van der Waals surface area contributed by atoms with E-state index < -0.39 is 0 Å². The van der Waals surface area contributed by atoms with Crippen molar-refractivity contribution in [3.05, 3.63) is 71.8 Å². The standard InChI is InChI=1S/C13H20.C12H18/c1-12(2)8-6-7-11-13-9-4-3-5-10-13;1-11(2)7-6-10-12-8-4-3-5-9-12/h3-5,9-10,12H,6-8,11H2,1-2H3;3-5,8-9,11H,6-7,10H2,1-2H3. The lowest BCUT2D eigenvalue weighted by molar-refractivity contribution is 0.538. The summed E-state index contributed by atoms with van der Waals surface area (Å²) in [4.78, 5) is 0. The average molecular weight is 339 g/mol. The van der Waals surface area contributed by atoms with Crippen LogP contribution in [0, 0.1) is 11.8 Å². The van der Waals surface area contributed by atoms with Gasteiger partial charge in [-0.05, 0) is 48.6 Å². The van der Waals surface area contributed by atoms with Crippen molar-refractivity contribution in [3.8, 4) is 0 Å². The van der Waals surface area contributed by atoms with E-state index in [9.17, 15) is 0 Å². The minimum atomic E-state index is 0.841. The molecule has 2 aromatic carbocycles. The molecule has 2 rings (SSSR count). The van der Waals surface area contributed by atoms with E-state index in [1.54, 1.807) is 0 Å². The Hall–Kier alpha value is -1.56. The Bertz CT molecular complexity index is 510. The molecule has 0 fully saturated rings. The van der Waals surface area contributed by atoms with Gasteiger partial charge in [0.25, 0.3) is 0 Å². The van der Waals surface area contributed by atoms with Crippen LogP contribution < -0.4 is 0 Å². The Morgan fingerprint density at radius 3 is 1.36 bits per heavy atom. The fourth-order valence-electron chi connectivity index (χ4n) is 2.89. The van der Waals surface area contributed by atoms with Crippen molar-refractivity contribution < 1.29 is 0 Å². The predicted octanol–water partition coefficient (Wildman–Crippen LogP) is 7.72. The molecule has 0 saturated heterocycles. The van der Waals surface area contributed by atoms with E-state index in [1.165, 1.54) is 56.1 Å². The van der Waals surface area contributed by atoms with E-state index in [1.807, 2.05) is 0 Å². The molecule has 0 aromatic heterocycles. The van der Waals surface area contributed by atoms with Gasteiger partial charge in [0.05, 0.1) is 0 Å². The number of benzene rings is 2. The molecule has 2 aromatic rings. The maximum Gasteiger partial charge on any atom is -0.0279 e. The maximum absolute atomic E-state index is 2.29. The summed E-state index contributed by atoms with van der Waals surface area (Å²) in [7, 11) is 0. The predicted molar refractivity (Wildman–Crippen MR) is 113 cm³/mol. The Labute approximate surface area is 156 Å². The van der Waals surface area contributed by atoms with Gasteiger partial charge in [-0.15, -0.1) is 0 Å². The monoisotopic (exact) mass is 338 g/mol. The van der Waals surface area contributed by atoms with Crippen LogP contribution in [0.3, 0.4) is 0 Å². The first-order valence-corrected chi connectivity index (χ1v) is 10.2. The number of rotatable bonds is 9. The third-order valence-electron chi connectivity index (χ3n) is 4.43. The number of hydrogen-bond acceptors (Lipinski definition) is 0. The molecule has 0 heteroatoms. The average Bonchev–Trinajstić information content (AvgIpc) is 2.61. The van der Waals surface area contributed by atoms with Gasteiger partial charge in [0.2, 0.25) is 0 Å². The highest BCUT2D eigenvalue weighted by molar-refractivity contribution is 5.15. The van der Waals surface area contributed by atoms with Gasteiger partial charge >= 0.3 is 0 Å². The van der Waals surface area contributed by atoms with Crippen molar-refractivity contribution in [1.82, 2.24) is 0 Å². The molecule has 0 aliphatic heterocycles. The van der Waals surface area contributed by atoms with Crippen molar-refractivity contribution >= 4 is 0 Å². The van der Waals surface area contributed by atoms with E-state index in [4.69, 9.17) is 0 Å². The molecule has 0 aliphatic carbocycles. The lowest BCUT2D eigenvalue weighted by Crippen LogP contribution is -1.90. The summed E-state index contributed by atoms with van der Waals surface area (Å²) in [6.45, 7) is 9.15. The molecule has 0 amide bonds. The molecule has 0 bridgehead atoms. The van der Waals surface area contributed by atoms with Crippen LogP contribution in [0.1, 0.15) is 70.9 Å². The Morgan fingerprint density at radius 2 is 0.920 bits per heavy atom. The van der Waals surface area contributed by atoms with Crippen molar-refractivity contribution in [2.75, 3.05) is 0 Å². The highest BCUT2D eigenvalue weighted by Gasteiger charge is 1.95. The highest BCUT2D eigenvalue weighted by Crippen LogP contribution is 2.10. The first-order valence-electron chi connectivity index (χ1n) is 10.2. The zero-order valence-corrected chi connectivity index (χ0v) is 16.9. The zero-order valence-electron chi connectivity index (χ0n) is 16.9. The second-order valence-electron chi connectivity index (χ2n) is 7.90. The van der Waals surface area contributed by atoms with Crippen LogP contribution in [0.15, 0.2) is 60.7 Å². The van der Waals surface area contributed by atoms with Gasteiger partial charge in [-0.25, -0.2) is 0 Å². The minimum Gasteiger partial charge on any atom is -0.0628 e. The van der Waals surface area contributed by atoms with Crippen molar-refractivity contribution in [2.45, 2.75) is 72.6 Å². The molecule has 0 aliphatic rings. The van der Waals surface area contributed by atoms with Crippen LogP contribution in [-0.4, -0.2) is 0 Å². The number of unbranched alkanes of at least 4 members (excludes halogenated alkanes) is 1. The van der Waals surface area contributed by atoms with Crippen LogP contribution in [0.25, 0.3) is 0 Å². The Kier molecular flexibility index (Phi) is 11.8. The Morgan fingerprint density at radius 1 is 0.520 bits per heavy atom. The molecular weight excluding hydrogens is 300 g/mol. The van der Waals surface area contributed by atoms with Crippen molar-refractivity contribution in [3.63, 3.8) is 0 Å². The molecule has 0 unspecified atom stereocenters. The third-order valence-corrected chi connectivity index (χ3v) is 4.43. The van der Waals surface area contributed by atoms with Gasteiger partial charge in [0.1, 0.15) is 0 Å². The Balaban J connectivity index is 0.000000251. The summed E-state index contributed by atoms with van der Waals surface area (Å²) in [5.41, 5.74) is 2.95. The van der Waals surface area contributed by atoms with Crippen LogP contribution in [0.2, 0.25) is 0 Å². The van der Waals surface area contributed by atoms with E-state index in [-0.39, 0.29) is 0 Å². The zero-order chi connectivity index (χ0) is 18.3. The molecule has 0 spiro atoms. The first kappa shape index (κ1) is 21.5. The van der Waals surface area contributed by atoms with E-state index in [2.05, 4.69) is 88.4 Å². The van der Waals surface area contributed by atoms with Crippen LogP contribution >= 0.6 is 0 Å². The van der Waals surface area contributed by atoms with Gasteiger partial charge < -0.3 is 0 Å². The summed E-state index contributed by atoms with van der Waals surface area (Å²) in [6, 6.07) is 21.5. The van der Waals surface area contributed by atoms with Gasteiger partial charge in [-0.2, -0.15) is 0 Å². The third kappa shape index (κ3) is 12.5. The molecule has 0 nitrogen and oxygen atoms in total. The van der Waals surface area contributed by atoms with Crippen molar-refractivity contribution in [1.29, 1.82) is 0 Å². The van der Waals surface area contributed by atoms with Crippen LogP contribution in [0.5, 0.6) is 0 Å². The largest absolute Gasteiger partial charge is 0.0628 e. The topological polar surface area (TPSA) is 0 Å². The summed E-state index contributed by atoms with van der Waals surface area (Å²) in [5, 5.41) is 0. The maximum atomic E-state index is 2.29. The fraction of sp³-hybridized carbons (Fsp3) is 0.520. The van der Waals surface area contributed by atoms with E-state index in [0.717, 1.165) is 11.8 Å². The molecule has 0 saturated carbocycles. The van der Waals surface area contributed by atoms with Gasteiger partial charge in [-0.3, -0.25) is 0 Å². The number of hydrogen-bond donors (Lipinski definition) is 0. The molecule has 0 radical (unpaired) electrons. The lowest BCUT2D eigenvalue weighted by Gasteiger charge is -2.04. The second kappa shape index (κ2) is 13.7. The highest BCUT2D eigenvalue weighted by atomic mass is 14.0. The molecule has 25 heavy (non-hydrogen) atoms.